The third-order valence-electron chi connectivity index (χ3n) is 3.58. The Kier molecular flexibility index (Phi) is 3.20. The normalized spacial score (nSPS) is 42.3. The first kappa shape index (κ1) is 11.6. The Labute approximate surface area is 90.0 Å². The Hall–Kier alpha value is 0.0800. The third kappa shape index (κ3) is 1.88. The number of piperidine rings is 1. The van der Waals surface area contributed by atoms with Crippen LogP contribution in [0.5, 0.6) is 0 Å². The first-order valence-corrected chi connectivity index (χ1v) is 7.54. The van der Waals surface area contributed by atoms with Gasteiger partial charge in [-0.2, -0.15) is 9.79 Å². The zero-order chi connectivity index (χ0) is 11.1. The smallest absolute Gasteiger partial charge is 0.313 e. The van der Waals surface area contributed by atoms with Crippen LogP contribution in [0, 0.1) is 5.92 Å². The molecule has 0 aromatic heterocycles. The summed E-state index contributed by atoms with van der Waals surface area (Å²) < 4.78 is 22.6. The molecule has 2 aliphatic rings. The van der Waals surface area contributed by atoms with Crippen LogP contribution in [0.25, 0.3) is 0 Å². The van der Waals surface area contributed by atoms with E-state index in [0.717, 1.165) is 19.4 Å². The molecular weight excluding hydrogens is 236 g/mol. The highest BCUT2D eigenvalue weighted by atomic mass is 31.2. The molecule has 1 aliphatic heterocycles. The summed E-state index contributed by atoms with van der Waals surface area (Å²) in [5, 5.41) is 3.27. The summed E-state index contributed by atoms with van der Waals surface area (Å²) in [5.41, 5.74) is 0. The zero-order valence-corrected chi connectivity index (χ0v) is 10.1. The predicted octanol–water partition coefficient (Wildman–Crippen LogP) is 1.31. The van der Waals surface area contributed by atoms with Crippen LogP contribution in [0.2, 0.25) is 0 Å². The first-order chi connectivity index (χ1) is 7.06. The maximum Gasteiger partial charge on any atom is 0.567 e. The van der Waals surface area contributed by atoms with E-state index >= 15 is 0 Å². The third-order valence-corrected chi connectivity index (χ3v) is 6.76. The molecule has 0 spiro atoms. The van der Waals surface area contributed by atoms with E-state index in [-0.39, 0.29) is 12.0 Å². The summed E-state index contributed by atoms with van der Waals surface area (Å²) in [6, 6.07) is 0.149. The second kappa shape index (κ2) is 4.15. The van der Waals surface area contributed by atoms with Crippen molar-refractivity contribution in [1.29, 1.82) is 0 Å². The van der Waals surface area contributed by atoms with Gasteiger partial charge in [-0.25, -0.2) is 0 Å². The highest BCUT2D eigenvalue weighted by Gasteiger charge is 2.72. The lowest BCUT2D eigenvalue weighted by molar-refractivity contribution is 0.318. The largest absolute Gasteiger partial charge is 0.567 e. The van der Waals surface area contributed by atoms with Crippen molar-refractivity contribution in [3.05, 3.63) is 0 Å². The van der Waals surface area contributed by atoms with E-state index in [9.17, 15) is 18.9 Å². The molecule has 1 saturated carbocycles. The molecule has 5 nitrogen and oxygen atoms in total. The lowest BCUT2D eigenvalue weighted by Crippen LogP contribution is -2.37. The van der Waals surface area contributed by atoms with Crippen LogP contribution in [0.4, 0.5) is 0 Å². The molecule has 1 heterocycles. The molecule has 4 unspecified atom stereocenters. The summed E-state index contributed by atoms with van der Waals surface area (Å²) >= 11 is 0. The zero-order valence-electron chi connectivity index (χ0n) is 8.30. The molecule has 2 fully saturated rings. The maximum absolute atomic E-state index is 11.3. The van der Waals surface area contributed by atoms with Gasteiger partial charge in [0.1, 0.15) is 0 Å². The molecule has 84 valence electrons. The minimum atomic E-state index is -2.59. The van der Waals surface area contributed by atoms with Gasteiger partial charge in [0.2, 0.25) is 0 Å². The average Bonchev–Trinajstić information content (AvgIpc) is 2.57. The lowest BCUT2D eigenvalue weighted by Gasteiger charge is -2.24. The number of fused-ring (bicyclic) bond motifs is 1. The Morgan fingerprint density at radius 1 is 1.20 bits per heavy atom. The van der Waals surface area contributed by atoms with Crippen molar-refractivity contribution >= 4 is 16.1 Å². The van der Waals surface area contributed by atoms with Gasteiger partial charge in [0.05, 0.1) is 12.8 Å². The van der Waals surface area contributed by atoms with Crippen molar-refractivity contribution in [3.63, 3.8) is 0 Å². The lowest BCUT2D eigenvalue weighted by atomic mass is 9.94. The molecule has 7 heteroatoms. The first-order valence-electron chi connectivity index (χ1n) is 5.12. The minimum absolute atomic E-state index is 0.149. The summed E-state index contributed by atoms with van der Waals surface area (Å²) in [7, 11) is -5.17. The van der Waals surface area contributed by atoms with Crippen LogP contribution >= 0.6 is 16.1 Å². The molecule has 0 aromatic rings. The summed E-state index contributed by atoms with van der Waals surface area (Å²) in [6.07, 6.45) is 2.80. The van der Waals surface area contributed by atoms with Gasteiger partial charge in [0.15, 0.2) is 0 Å². The summed E-state index contributed by atoms with van der Waals surface area (Å²) in [4.78, 5) is 17.3. The van der Waals surface area contributed by atoms with Gasteiger partial charge in [-0.3, -0.25) is 0 Å². The predicted molar refractivity (Wildman–Crippen MR) is 56.1 cm³/mol. The molecule has 4 atom stereocenters. The molecule has 15 heavy (non-hydrogen) atoms. The standard InChI is InChI=1S/C8H13NO4P2/c10-14(11)8(15(12)13)4-6-2-1-3-9-7(6)5-8/h6-7,9H,1-5H2/p+2. The number of rotatable bonds is 2. The van der Waals surface area contributed by atoms with Crippen molar-refractivity contribution in [2.75, 3.05) is 6.54 Å². The molecule has 1 aliphatic carbocycles. The molecule has 2 rings (SSSR count). The van der Waals surface area contributed by atoms with Crippen LogP contribution in [-0.2, 0) is 9.13 Å². The van der Waals surface area contributed by atoms with Crippen LogP contribution in [0.3, 0.4) is 0 Å². The fourth-order valence-corrected chi connectivity index (χ4v) is 4.82. The van der Waals surface area contributed by atoms with Gasteiger partial charge in [0.25, 0.3) is 0 Å². The van der Waals surface area contributed by atoms with E-state index in [0.29, 0.717) is 12.8 Å². The Morgan fingerprint density at radius 2 is 1.87 bits per heavy atom. The molecule has 3 N–H and O–H groups in total. The van der Waals surface area contributed by atoms with Crippen LogP contribution < -0.4 is 5.32 Å². The fourth-order valence-electron chi connectivity index (χ4n) is 2.74. The topological polar surface area (TPSA) is 86.6 Å². The van der Waals surface area contributed by atoms with Gasteiger partial charge < -0.3 is 5.32 Å². The minimum Gasteiger partial charge on any atom is -0.313 e. The van der Waals surface area contributed by atoms with Gasteiger partial charge in [-0.1, -0.05) is 0 Å². The molecular formula is C8H15NO4P2+2. The van der Waals surface area contributed by atoms with Crippen molar-refractivity contribution in [2.24, 2.45) is 5.92 Å². The quantitative estimate of drug-likeness (QED) is 0.644. The fraction of sp³-hybridized carbons (Fsp3) is 1.00. The van der Waals surface area contributed by atoms with Crippen molar-refractivity contribution < 1.29 is 18.9 Å². The Morgan fingerprint density at radius 3 is 2.40 bits per heavy atom. The number of hydrogen-bond acceptors (Lipinski definition) is 3. The molecule has 1 saturated heterocycles. The van der Waals surface area contributed by atoms with E-state index < -0.39 is 21.0 Å². The van der Waals surface area contributed by atoms with Gasteiger partial charge in [-0.15, -0.1) is 0 Å². The highest BCUT2D eigenvalue weighted by molar-refractivity contribution is 7.59. The van der Waals surface area contributed by atoms with Gasteiger partial charge in [-0.05, 0) is 34.4 Å². The van der Waals surface area contributed by atoms with Crippen LogP contribution in [0.1, 0.15) is 25.7 Å². The van der Waals surface area contributed by atoms with E-state index in [2.05, 4.69) is 5.32 Å². The second-order valence-electron chi connectivity index (χ2n) is 4.40. The Balaban J connectivity index is 2.23. The van der Waals surface area contributed by atoms with Gasteiger partial charge in [0, 0.05) is 6.04 Å². The molecule has 0 amide bonds. The van der Waals surface area contributed by atoms with E-state index in [1.807, 2.05) is 0 Å². The number of nitrogens with one attached hydrogen (secondary N) is 1. The van der Waals surface area contributed by atoms with Crippen LogP contribution in [0.15, 0.2) is 0 Å². The monoisotopic (exact) mass is 251 g/mol. The maximum atomic E-state index is 11.3. The van der Waals surface area contributed by atoms with Crippen molar-refractivity contribution in [1.82, 2.24) is 5.32 Å². The van der Waals surface area contributed by atoms with Crippen molar-refractivity contribution in [2.45, 2.75) is 36.6 Å². The van der Waals surface area contributed by atoms with E-state index in [1.54, 1.807) is 0 Å². The molecule has 0 radical (unpaired) electrons. The SMILES string of the molecule is O=[P+](O)C1([P+](=O)O)CC2CCCNC2C1. The molecule has 0 aromatic carbocycles. The van der Waals surface area contributed by atoms with Crippen molar-refractivity contribution in [3.8, 4) is 0 Å². The highest BCUT2D eigenvalue weighted by Crippen LogP contribution is 2.62. The summed E-state index contributed by atoms with van der Waals surface area (Å²) in [5.74, 6) is 0.288. The van der Waals surface area contributed by atoms with E-state index in [4.69, 9.17) is 0 Å². The van der Waals surface area contributed by atoms with Gasteiger partial charge >= 0.3 is 21.0 Å². The van der Waals surface area contributed by atoms with Crippen LogP contribution in [-0.4, -0.2) is 27.3 Å². The summed E-state index contributed by atoms with van der Waals surface area (Å²) in [6.45, 7) is 0.904. The number of hydrogen-bond donors (Lipinski definition) is 3. The molecule has 0 bridgehead atoms. The van der Waals surface area contributed by atoms with E-state index in [1.165, 1.54) is 0 Å². The average molecular weight is 251 g/mol. The second-order valence-corrected chi connectivity index (χ2v) is 7.56. The Bertz CT molecular complexity index is 279.